The number of hydrogen-bond donors (Lipinski definition) is 1. The van der Waals surface area contributed by atoms with Gasteiger partial charge in [0.2, 0.25) is 0 Å². The molecule has 2 aromatic heterocycles. The molecule has 0 radical (unpaired) electrons. The molecular formula is C20H18O5S3. The first kappa shape index (κ1) is 20.4. The van der Waals surface area contributed by atoms with Gasteiger partial charge in [0, 0.05) is 15.8 Å². The molecule has 0 spiro atoms. The predicted molar refractivity (Wildman–Crippen MR) is 111 cm³/mol. The van der Waals surface area contributed by atoms with E-state index in [0.717, 1.165) is 22.5 Å². The summed E-state index contributed by atoms with van der Waals surface area (Å²) >= 11 is 2.30. The Morgan fingerprint density at radius 3 is 2.39 bits per heavy atom. The number of sulfone groups is 1. The van der Waals surface area contributed by atoms with E-state index in [1.54, 1.807) is 42.6 Å². The minimum atomic E-state index is -3.70. The van der Waals surface area contributed by atoms with Crippen LogP contribution in [-0.2, 0) is 15.6 Å². The Kier molecular flexibility index (Phi) is 5.56. The Morgan fingerprint density at radius 1 is 1.11 bits per heavy atom. The van der Waals surface area contributed by atoms with Crippen molar-refractivity contribution in [2.45, 2.75) is 31.4 Å². The maximum absolute atomic E-state index is 12.9. The van der Waals surface area contributed by atoms with Crippen LogP contribution in [-0.4, -0.2) is 25.3 Å². The minimum absolute atomic E-state index is 0.00100. The zero-order valence-corrected chi connectivity index (χ0v) is 17.9. The minimum Gasteiger partial charge on any atom is -0.477 e. The number of hydrogen-bond acceptors (Lipinski definition) is 6. The molecule has 0 saturated heterocycles. The lowest BCUT2D eigenvalue weighted by Crippen LogP contribution is -2.09. The van der Waals surface area contributed by atoms with E-state index in [0.29, 0.717) is 15.3 Å². The molecule has 3 rings (SSSR count). The van der Waals surface area contributed by atoms with Gasteiger partial charge in [0.05, 0.1) is 15.5 Å². The van der Waals surface area contributed by atoms with E-state index in [4.69, 9.17) is 0 Å². The van der Waals surface area contributed by atoms with Crippen molar-refractivity contribution in [2.24, 2.45) is 0 Å². The van der Waals surface area contributed by atoms with E-state index in [9.17, 15) is 23.1 Å². The Balaban J connectivity index is 2.02. The standard InChI is InChI=1S/C20H18O5S3/c1-11-4-5-18(12(2)6-11)28(24,25)10-15-8-17(27-19(15)20(22)23)14-7-16(13(3)21)26-9-14/h4-9H,10H2,1-3H3,(H,22,23). The molecule has 1 aromatic carbocycles. The number of carbonyl (C=O) groups excluding carboxylic acids is 1. The highest BCUT2D eigenvalue weighted by Crippen LogP contribution is 2.36. The Hall–Kier alpha value is -2.29. The van der Waals surface area contributed by atoms with Gasteiger partial charge in [-0.1, -0.05) is 17.7 Å². The molecule has 1 N–H and O–H groups in total. The maximum atomic E-state index is 12.9. The van der Waals surface area contributed by atoms with Crippen LogP contribution < -0.4 is 0 Å². The highest BCUT2D eigenvalue weighted by molar-refractivity contribution is 7.90. The van der Waals surface area contributed by atoms with Crippen LogP contribution in [0.1, 0.15) is 43.0 Å². The molecule has 0 unspecified atom stereocenters. The average molecular weight is 435 g/mol. The zero-order valence-electron chi connectivity index (χ0n) is 15.5. The van der Waals surface area contributed by atoms with Gasteiger partial charge in [-0.05, 0) is 50.1 Å². The zero-order chi connectivity index (χ0) is 20.6. The first-order valence-electron chi connectivity index (χ1n) is 8.34. The van der Waals surface area contributed by atoms with E-state index < -0.39 is 21.6 Å². The fraction of sp³-hybridized carbons (Fsp3) is 0.200. The van der Waals surface area contributed by atoms with E-state index in [2.05, 4.69) is 0 Å². The van der Waals surface area contributed by atoms with Crippen LogP contribution in [0.2, 0.25) is 0 Å². The molecule has 0 fully saturated rings. The van der Waals surface area contributed by atoms with Gasteiger partial charge in [0.15, 0.2) is 15.6 Å². The first-order chi connectivity index (χ1) is 13.1. The van der Waals surface area contributed by atoms with Crippen LogP contribution >= 0.6 is 22.7 Å². The number of ketones is 1. The van der Waals surface area contributed by atoms with Crippen molar-refractivity contribution in [3.05, 3.63) is 62.2 Å². The van der Waals surface area contributed by atoms with Crippen molar-refractivity contribution in [1.29, 1.82) is 0 Å². The Bertz CT molecular complexity index is 1180. The molecule has 2 heterocycles. The van der Waals surface area contributed by atoms with E-state index in [1.165, 1.54) is 18.3 Å². The summed E-state index contributed by atoms with van der Waals surface area (Å²) in [5.74, 6) is -1.62. The monoisotopic (exact) mass is 434 g/mol. The van der Waals surface area contributed by atoms with Gasteiger partial charge in [0.1, 0.15) is 4.88 Å². The third kappa shape index (κ3) is 4.09. The molecule has 28 heavy (non-hydrogen) atoms. The van der Waals surface area contributed by atoms with Crippen LogP contribution in [0.5, 0.6) is 0 Å². The van der Waals surface area contributed by atoms with Crippen LogP contribution in [0.4, 0.5) is 0 Å². The lowest BCUT2D eigenvalue weighted by atomic mass is 10.2. The summed E-state index contributed by atoms with van der Waals surface area (Å²) in [6.07, 6.45) is 0. The fourth-order valence-corrected chi connectivity index (χ4v) is 6.54. The number of thiophene rings is 2. The number of aryl methyl sites for hydroxylation is 2. The number of aromatic carboxylic acids is 1. The van der Waals surface area contributed by atoms with Gasteiger partial charge in [0.25, 0.3) is 0 Å². The Labute approximate surface area is 171 Å². The molecule has 0 aliphatic rings. The van der Waals surface area contributed by atoms with Crippen molar-refractivity contribution >= 4 is 44.3 Å². The molecule has 0 amide bonds. The largest absolute Gasteiger partial charge is 0.477 e. The normalized spacial score (nSPS) is 11.5. The van der Waals surface area contributed by atoms with E-state index in [-0.39, 0.29) is 21.1 Å². The maximum Gasteiger partial charge on any atom is 0.346 e. The number of carboxylic acid groups (broad SMARTS) is 1. The molecular weight excluding hydrogens is 416 g/mol. The molecule has 0 aliphatic carbocycles. The molecule has 3 aromatic rings. The number of carbonyl (C=O) groups is 2. The summed E-state index contributed by atoms with van der Waals surface area (Å²) < 4.78 is 25.8. The molecule has 0 saturated carbocycles. The lowest BCUT2D eigenvalue weighted by Gasteiger charge is -2.08. The fourth-order valence-electron chi connectivity index (χ4n) is 2.94. The SMILES string of the molecule is CC(=O)c1cc(-c2cc(CS(=O)(=O)c3ccc(C)cc3C)c(C(=O)O)s2)cs1. The van der Waals surface area contributed by atoms with Gasteiger partial charge < -0.3 is 5.11 Å². The summed E-state index contributed by atoms with van der Waals surface area (Å²) in [5.41, 5.74) is 2.57. The van der Waals surface area contributed by atoms with Crippen LogP contribution in [0.15, 0.2) is 40.6 Å². The van der Waals surface area contributed by atoms with Crippen LogP contribution in [0, 0.1) is 13.8 Å². The van der Waals surface area contributed by atoms with Crippen molar-refractivity contribution in [3.63, 3.8) is 0 Å². The quantitative estimate of drug-likeness (QED) is 0.554. The highest BCUT2D eigenvalue weighted by Gasteiger charge is 2.24. The number of rotatable bonds is 6. The second-order valence-electron chi connectivity index (χ2n) is 6.55. The summed E-state index contributed by atoms with van der Waals surface area (Å²) in [6.45, 7) is 5.08. The predicted octanol–water partition coefficient (Wildman–Crippen LogP) is 4.97. The second kappa shape index (κ2) is 7.62. The molecule has 146 valence electrons. The van der Waals surface area contributed by atoms with Crippen molar-refractivity contribution < 1.29 is 23.1 Å². The highest BCUT2D eigenvalue weighted by atomic mass is 32.2. The molecule has 0 atom stereocenters. The van der Waals surface area contributed by atoms with Gasteiger partial charge in [-0.2, -0.15) is 0 Å². The Morgan fingerprint density at radius 2 is 1.82 bits per heavy atom. The third-order valence-electron chi connectivity index (χ3n) is 4.25. The molecule has 8 heteroatoms. The van der Waals surface area contributed by atoms with Gasteiger partial charge in [-0.3, -0.25) is 4.79 Å². The summed E-state index contributed by atoms with van der Waals surface area (Å²) in [6, 6.07) is 8.38. The molecule has 0 bridgehead atoms. The van der Waals surface area contributed by atoms with E-state index >= 15 is 0 Å². The van der Waals surface area contributed by atoms with E-state index in [1.807, 2.05) is 6.92 Å². The summed E-state index contributed by atoms with van der Waals surface area (Å²) in [7, 11) is -3.70. The summed E-state index contributed by atoms with van der Waals surface area (Å²) in [4.78, 5) is 24.6. The van der Waals surface area contributed by atoms with Crippen molar-refractivity contribution in [1.82, 2.24) is 0 Å². The van der Waals surface area contributed by atoms with Gasteiger partial charge >= 0.3 is 5.97 Å². The van der Waals surface area contributed by atoms with Crippen LogP contribution in [0.3, 0.4) is 0 Å². The van der Waals surface area contributed by atoms with Gasteiger partial charge in [-0.15, -0.1) is 22.7 Å². The molecule has 5 nitrogen and oxygen atoms in total. The smallest absolute Gasteiger partial charge is 0.346 e. The van der Waals surface area contributed by atoms with Crippen LogP contribution in [0.25, 0.3) is 10.4 Å². The van der Waals surface area contributed by atoms with Gasteiger partial charge in [-0.25, -0.2) is 13.2 Å². The topological polar surface area (TPSA) is 88.5 Å². The van der Waals surface area contributed by atoms with Crippen molar-refractivity contribution in [2.75, 3.05) is 0 Å². The third-order valence-corrected chi connectivity index (χ3v) is 8.31. The number of Topliss-reactive ketones (excluding diaryl/α,β-unsaturated/α-hetero) is 1. The second-order valence-corrected chi connectivity index (χ2v) is 10.5. The van der Waals surface area contributed by atoms with Crippen molar-refractivity contribution in [3.8, 4) is 10.4 Å². The molecule has 0 aliphatic heterocycles. The number of benzene rings is 1. The number of carboxylic acids is 1. The first-order valence-corrected chi connectivity index (χ1v) is 11.7. The summed E-state index contributed by atoms with van der Waals surface area (Å²) in [5, 5.41) is 11.3. The lowest BCUT2D eigenvalue weighted by molar-refractivity contribution is 0.0701. The average Bonchev–Trinajstić information content (AvgIpc) is 3.20.